The third-order valence-electron chi connectivity index (χ3n) is 0.761. The average molecular weight is 83.1 g/mol. The summed E-state index contributed by atoms with van der Waals surface area (Å²) in [6.07, 6.45) is 3.10. The summed E-state index contributed by atoms with van der Waals surface area (Å²) in [7, 11) is 0. The van der Waals surface area contributed by atoms with Crippen molar-refractivity contribution in [1.82, 2.24) is 5.32 Å². The quantitative estimate of drug-likeness (QED) is 0.434. The van der Waals surface area contributed by atoms with Crippen molar-refractivity contribution in [2.45, 2.75) is 13.1 Å². The van der Waals surface area contributed by atoms with Crippen LogP contribution in [-0.4, -0.2) is 18.9 Å². The van der Waals surface area contributed by atoms with Gasteiger partial charge in [0.1, 0.15) is 0 Å². The first-order valence-corrected chi connectivity index (χ1v) is 2.05. The van der Waals surface area contributed by atoms with Gasteiger partial charge in [-0.2, -0.15) is 0 Å². The van der Waals surface area contributed by atoms with Gasteiger partial charge in [-0.3, -0.25) is 10.3 Å². The van der Waals surface area contributed by atoms with Crippen LogP contribution in [0.1, 0.15) is 6.92 Å². The van der Waals surface area contributed by atoms with E-state index in [2.05, 4.69) is 16.5 Å². The molecule has 0 fully saturated rings. The maximum Gasteiger partial charge on any atom is 0.0973 e. The summed E-state index contributed by atoms with van der Waals surface area (Å²) in [5, 5.41) is 3.04. The Balaban J connectivity index is 2.38. The molecule has 0 aromatic rings. The van der Waals surface area contributed by atoms with Gasteiger partial charge < -0.3 is 0 Å². The Morgan fingerprint density at radius 3 is 3.00 bits per heavy atom. The highest BCUT2D eigenvalue weighted by Crippen LogP contribution is 1.84. The molecule has 2 heteroatoms. The summed E-state index contributed by atoms with van der Waals surface area (Å²) in [6.45, 7) is 2.82. The van der Waals surface area contributed by atoms with E-state index in [-0.39, 0.29) is 0 Å². The third-order valence-corrected chi connectivity index (χ3v) is 0.761. The Morgan fingerprint density at radius 2 is 2.83 bits per heavy atom. The van der Waals surface area contributed by atoms with E-state index < -0.39 is 0 Å². The van der Waals surface area contributed by atoms with Crippen molar-refractivity contribution in [2.24, 2.45) is 4.99 Å². The molecule has 1 rings (SSSR count). The minimum atomic E-state index is 0.310. The fraction of sp³-hybridized carbons (Fsp3) is 0.750. The molecule has 1 aliphatic heterocycles. The molecule has 1 N–H and O–H groups in total. The van der Waals surface area contributed by atoms with Crippen LogP contribution in [0.15, 0.2) is 4.99 Å². The molecule has 0 aromatic heterocycles. The van der Waals surface area contributed by atoms with Gasteiger partial charge in [0.15, 0.2) is 0 Å². The molecule has 6 heavy (non-hydrogen) atoms. The highest BCUT2D eigenvalue weighted by Gasteiger charge is 1.98. The number of rotatable bonds is 0. The van der Waals surface area contributed by atoms with Crippen LogP contribution in [-0.2, 0) is 0 Å². The van der Waals surface area contributed by atoms with Crippen LogP contribution >= 0.6 is 0 Å². The van der Waals surface area contributed by atoms with Gasteiger partial charge in [-0.05, 0) is 6.92 Å². The largest absolute Gasteiger partial charge is 0.290 e. The number of nitrogens with one attached hydrogen (secondary N) is 1. The molecule has 1 unspecified atom stereocenters. The van der Waals surface area contributed by atoms with Crippen LogP contribution in [0.4, 0.5) is 0 Å². The first-order chi connectivity index (χ1) is 2.89. The van der Waals surface area contributed by atoms with Crippen LogP contribution in [0.25, 0.3) is 0 Å². The van der Waals surface area contributed by atoms with Crippen LogP contribution in [0.5, 0.6) is 0 Å². The Hall–Kier alpha value is -0.370. The number of hydrogen-bond acceptors (Lipinski definition) is 2. The molecule has 0 aromatic carbocycles. The van der Waals surface area contributed by atoms with Gasteiger partial charge in [0.05, 0.1) is 12.4 Å². The molecule has 0 amide bonds. The molecular weight excluding hydrogens is 76.1 g/mol. The van der Waals surface area contributed by atoms with E-state index in [4.69, 9.17) is 0 Å². The topological polar surface area (TPSA) is 24.4 Å². The summed E-state index contributed by atoms with van der Waals surface area (Å²) >= 11 is 0. The Morgan fingerprint density at radius 1 is 2.00 bits per heavy atom. The van der Waals surface area contributed by atoms with E-state index in [1.807, 2.05) is 6.92 Å². The normalized spacial score (nSPS) is 31.8. The van der Waals surface area contributed by atoms with E-state index in [1.165, 1.54) is 0 Å². The number of aliphatic imine (C=N–C) groups is 1. The first kappa shape index (κ1) is 3.81. The van der Waals surface area contributed by atoms with Gasteiger partial charge in [-0.1, -0.05) is 0 Å². The third kappa shape index (κ3) is 0.571. The Bertz CT molecular complexity index is 67.9. The van der Waals surface area contributed by atoms with Crippen LogP contribution < -0.4 is 5.32 Å². The zero-order valence-electron chi connectivity index (χ0n) is 3.73. The predicted molar refractivity (Wildman–Crippen MR) is 24.9 cm³/mol. The van der Waals surface area contributed by atoms with Crippen molar-refractivity contribution < 1.29 is 0 Å². The minimum absolute atomic E-state index is 0.310. The van der Waals surface area contributed by atoms with Gasteiger partial charge in [-0.15, -0.1) is 0 Å². The molecular formula is C4H7N2. The Kier molecular flexibility index (Phi) is 0.881. The summed E-state index contributed by atoms with van der Waals surface area (Å²) in [4.78, 5) is 3.88. The van der Waals surface area contributed by atoms with Crippen LogP contribution in [0.3, 0.4) is 0 Å². The fourth-order valence-electron chi connectivity index (χ4n) is 0.422. The van der Waals surface area contributed by atoms with Crippen LogP contribution in [0.2, 0.25) is 0 Å². The lowest BCUT2D eigenvalue weighted by Crippen LogP contribution is -2.17. The maximum atomic E-state index is 3.88. The molecule has 0 bridgehead atoms. The van der Waals surface area contributed by atoms with E-state index in [0.29, 0.717) is 6.17 Å². The van der Waals surface area contributed by atoms with Crippen molar-refractivity contribution in [2.75, 3.05) is 6.54 Å². The van der Waals surface area contributed by atoms with Crippen LogP contribution in [0, 0.1) is 0 Å². The molecule has 2 nitrogen and oxygen atoms in total. The van der Waals surface area contributed by atoms with E-state index in [1.54, 1.807) is 0 Å². The van der Waals surface area contributed by atoms with E-state index >= 15 is 0 Å². The zero-order valence-corrected chi connectivity index (χ0v) is 3.73. The van der Waals surface area contributed by atoms with Gasteiger partial charge in [0.2, 0.25) is 0 Å². The maximum absolute atomic E-state index is 3.88. The van der Waals surface area contributed by atoms with E-state index in [0.717, 1.165) is 6.54 Å². The summed E-state index contributed by atoms with van der Waals surface area (Å²) in [6, 6.07) is 0. The highest BCUT2D eigenvalue weighted by atomic mass is 15.1. The number of hydrogen-bond donors (Lipinski definition) is 1. The molecule has 0 saturated carbocycles. The monoisotopic (exact) mass is 83.1 g/mol. The van der Waals surface area contributed by atoms with Crippen molar-refractivity contribution in [3.63, 3.8) is 0 Å². The number of nitrogens with zero attached hydrogens (tertiary/aromatic N) is 1. The van der Waals surface area contributed by atoms with Gasteiger partial charge in [0.25, 0.3) is 0 Å². The molecule has 1 aliphatic rings. The summed E-state index contributed by atoms with van der Waals surface area (Å²) in [5.74, 6) is 0. The smallest absolute Gasteiger partial charge is 0.0973 e. The van der Waals surface area contributed by atoms with Gasteiger partial charge in [0, 0.05) is 6.54 Å². The van der Waals surface area contributed by atoms with E-state index in [9.17, 15) is 0 Å². The summed E-state index contributed by atoms with van der Waals surface area (Å²) in [5.41, 5.74) is 0. The molecule has 0 saturated heterocycles. The van der Waals surface area contributed by atoms with Crippen molar-refractivity contribution in [3.05, 3.63) is 0 Å². The standard InChI is InChI=1S/C4H7N2/c1-4-5-2-3-6-4/h4-5H,2H2,1H3. The second-order valence-corrected chi connectivity index (χ2v) is 1.34. The lowest BCUT2D eigenvalue weighted by molar-refractivity contribution is 0.659. The lowest BCUT2D eigenvalue weighted by Gasteiger charge is -1.92. The highest BCUT2D eigenvalue weighted by molar-refractivity contribution is 5.61. The van der Waals surface area contributed by atoms with Crippen molar-refractivity contribution in [3.8, 4) is 0 Å². The SMILES string of the molecule is CC1N=[C]CN1. The second-order valence-electron chi connectivity index (χ2n) is 1.34. The summed E-state index contributed by atoms with van der Waals surface area (Å²) < 4.78 is 0. The average Bonchev–Trinajstić information content (AvgIpc) is 1.86. The molecule has 0 spiro atoms. The predicted octanol–water partition coefficient (Wildman–Crippen LogP) is -0.117. The molecule has 33 valence electrons. The first-order valence-electron chi connectivity index (χ1n) is 2.05. The second kappa shape index (κ2) is 1.39. The lowest BCUT2D eigenvalue weighted by atomic mass is 10.6. The Labute approximate surface area is 37.3 Å². The van der Waals surface area contributed by atoms with Crippen molar-refractivity contribution >= 4 is 6.21 Å². The van der Waals surface area contributed by atoms with Crippen molar-refractivity contribution in [1.29, 1.82) is 0 Å². The van der Waals surface area contributed by atoms with Gasteiger partial charge in [-0.25, -0.2) is 0 Å². The fourth-order valence-corrected chi connectivity index (χ4v) is 0.422. The molecule has 1 radical (unpaired) electrons. The zero-order chi connectivity index (χ0) is 4.41. The molecule has 0 aliphatic carbocycles. The minimum Gasteiger partial charge on any atom is -0.290 e. The molecule has 1 heterocycles. The molecule has 1 atom stereocenters. The van der Waals surface area contributed by atoms with Gasteiger partial charge >= 0.3 is 0 Å².